The van der Waals surface area contributed by atoms with Gasteiger partial charge in [0.15, 0.2) is 0 Å². The Bertz CT molecular complexity index is 1240. The van der Waals surface area contributed by atoms with Crippen molar-refractivity contribution in [2.75, 3.05) is 26.3 Å². The molecule has 6 fully saturated rings. The van der Waals surface area contributed by atoms with Gasteiger partial charge >= 0.3 is 11.9 Å². The first kappa shape index (κ1) is 34.0. The zero-order valence-corrected chi connectivity index (χ0v) is 29.6. The lowest BCUT2D eigenvalue weighted by atomic mass is 9.32. The van der Waals surface area contributed by atoms with Crippen molar-refractivity contribution in [3.8, 4) is 0 Å². The molecule has 6 rings (SSSR count). The van der Waals surface area contributed by atoms with Crippen LogP contribution in [0, 0.1) is 56.7 Å². The molecule has 1 amide bonds. The molecule has 0 radical (unpaired) electrons. The number of aliphatic hydroxyl groups is 1. The Hall–Kier alpha value is -1.89. The minimum atomic E-state index is -0.443. The second kappa shape index (κ2) is 11.9. The second-order valence-corrected chi connectivity index (χ2v) is 17.6. The van der Waals surface area contributed by atoms with E-state index in [9.17, 15) is 19.5 Å². The zero-order valence-electron chi connectivity index (χ0n) is 29.6. The SMILES string of the molecule is C=C(CO)[C@@H]1CC[C@]2(C(=O)N3CCCCC3)CC[C@]3(C)[C@H](CC[C@@H]4[C@@]5(C)CC[C@H](OC(C)=O)[C@@](C)(COC(C)=O)[C@@H]5CC[C@]43C)[C@@H]12. The summed E-state index contributed by atoms with van der Waals surface area (Å²) in [4.78, 5) is 41.1. The summed E-state index contributed by atoms with van der Waals surface area (Å²) in [5.74, 6) is 1.45. The molecule has 0 spiro atoms. The smallest absolute Gasteiger partial charge is 0.302 e. The first-order chi connectivity index (χ1) is 21.7. The Balaban J connectivity index is 1.36. The maximum atomic E-state index is 14.6. The van der Waals surface area contributed by atoms with Crippen LogP contribution in [-0.2, 0) is 23.9 Å². The van der Waals surface area contributed by atoms with E-state index in [1.54, 1.807) is 0 Å². The Morgan fingerprint density at radius 1 is 0.804 bits per heavy atom. The molecule has 5 saturated carbocycles. The third kappa shape index (κ3) is 4.85. The number of piperidine rings is 1. The number of aliphatic hydroxyl groups excluding tert-OH is 1. The molecular weight excluding hydrogens is 578 g/mol. The third-order valence-electron chi connectivity index (χ3n) is 15.9. The zero-order chi connectivity index (χ0) is 33.3. The number of fused-ring (bicyclic) bond motifs is 7. The number of carbonyl (C=O) groups excluding carboxylic acids is 3. The average Bonchev–Trinajstić information content (AvgIpc) is 3.42. The highest BCUT2D eigenvalue weighted by molar-refractivity contribution is 5.84. The predicted molar refractivity (Wildman–Crippen MR) is 177 cm³/mol. The quantitative estimate of drug-likeness (QED) is 0.246. The Morgan fingerprint density at radius 3 is 2.17 bits per heavy atom. The van der Waals surface area contributed by atoms with Gasteiger partial charge in [0.05, 0.1) is 12.0 Å². The van der Waals surface area contributed by atoms with Gasteiger partial charge in [-0.3, -0.25) is 14.4 Å². The fraction of sp³-hybridized carbons (Fsp3) is 0.872. The van der Waals surface area contributed by atoms with Gasteiger partial charge < -0.3 is 19.5 Å². The standard InChI is InChI=1S/C39H61NO6/c1-25(23-41)28-13-18-39(34(44)40-21-9-8-10-22-40)20-19-37(6)29(33(28)39)11-12-31-35(4)16-15-32(46-27(3)43)36(5,24-45-26(2)42)30(35)14-17-38(31,37)7/h28-33,41H,1,8-24H2,2-7H3/t28-,29+,30+,31+,32-,33+,35-,36-,37+,38+,39-/m0/s1. The molecule has 7 heteroatoms. The summed E-state index contributed by atoms with van der Waals surface area (Å²) in [6.07, 6.45) is 13.1. The number of rotatable bonds is 6. The minimum Gasteiger partial charge on any atom is -0.465 e. The van der Waals surface area contributed by atoms with Crippen LogP contribution in [0.3, 0.4) is 0 Å². The van der Waals surface area contributed by atoms with E-state index in [0.717, 1.165) is 95.7 Å². The first-order valence-corrected chi connectivity index (χ1v) is 18.6. The van der Waals surface area contributed by atoms with Gasteiger partial charge in [-0.25, -0.2) is 0 Å². The molecule has 1 N–H and O–H groups in total. The maximum absolute atomic E-state index is 14.6. The molecule has 1 heterocycles. The van der Waals surface area contributed by atoms with E-state index >= 15 is 0 Å². The highest BCUT2D eigenvalue weighted by Crippen LogP contribution is 2.77. The fourth-order valence-corrected chi connectivity index (χ4v) is 13.6. The van der Waals surface area contributed by atoms with Crippen molar-refractivity contribution in [3.05, 3.63) is 12.2 Å². The lowest BCUT2D eigenvalue weighted by molar-refractivity contribution is -0.257. The molecule has 258 valence electrons. The Labute approximate surface area is 277 Å². The van der Waals surface area contributed by atoms with Crippen LogP contribution in [0.25, 0.3) is 0 Å². The van der Waals surface area contributed by atoms with Crippen LogP contribution in [0.15, 0.2) is 12.2 Å². The van der Waals surface area contributed by atoms with Crippen molar-refractivity contribution >= 4 is 17.8 Å². The van der Waals surface area contributed by atoms with Crippen LogP contribution >= 0.6 is 0 Å². The molecule has 1 aliphatic heterocycles. The summed E-state index contributed by atoms with van der Waals surface area (Å²) in [6, 6.07) is 0. The van der Waals surface area contributed by atoms with Gasteiger partial charge in [0.2, 0.25) is 5.91 Å². The minimum absolute atomic E-state index is 0.00263. The number of nitrogens with zero attached hydrogens (tertiary/aromatic N) is 1. The lowest BCUT2D eigenvalue weighted by Crippen LogP contribution is -2.68. The van der Waals surface area contributed by atoms with Crippen LogP contribution in [-0.4, -0.2) is 60.3 Å². The summed E-state index contributed by atoms with van der Waals surface area (Å²) in [7, 11) is 0. The van der Waals surface area contributed by atoms with Crippen LogP contribution in [0.5, 0.6) is 0 Å². The van der Waals surface area contributed by atoms with Crippen molar-refractivity contribution < 1.29 is 29.0 Å². The molecule has 11 atom stereocenters. The molecule has 0 unspecified atom stereocenters. The van der Waals surface area contributed by atoms with Crippen LogP contribution in [0.2, 0.25) is 0 Å². The summed E-state index contributed by atoms with van der Waals surface area (Å²) < 4.78 is 11.7. The molecule has 0 aromatic heterocycles. The molecular formula is C39H61NO6. The van der Waals surface area contributed by atoms with E-state index in [2.05, 4.69) is 39.2 Å². The molecule has 0 bridgehead atoms. The second-order valence-electron chi connectivity index (χ2n) is 17.6. The van der Waals surface area contributed by atoms with E-state index < -0.39 is 5.41 Å². The highest BCUT2D eigenvalue weighted by atomic mass is 16.6. The highest BCUT2D eigenvalue weighted by Gasteiger charge is 2.72. The molecule has 7 nitrogen and oxygen atoms in total. The van der Waals surface area contributed by atoms with Crippen LogP contribution in [0.1, 0.15) is 125 Å². The predicted octanol–water partition coefficient (Wildman–Crippen LogP) is 7.10. The summed E-state index contributed by atoms with van der Waals surface area (Å²) in [6.45, 7) is 19.3. The van der Waals surface area contributed by atoms with Crippen molar-refractivity contribution in [3.63, 3.8) is 0 Å². The molecule has 1 saturated heterocycles. The Morgan fingerprint density at radius 2 is 1.52 bits per heavy atom. The molecule has 6 aliphatic rings. The first-order valence-electron chi connectivity index (χ1n) is 18.6. The van der Waals surface area contributed by atoms with Crippen molar-refractivity contribution in [2.24, 2.45) is 56.7 Å². The van der Waals surface area contributed by atoms with Gasteiger partial charge in [-0.15, -0.1) is 0 Å². The maximum Gasteiger partial charge on any atom is 0.302 e. The molecule has 0 aromatic rings. The molecule has 46 heavy (non-hydrogen) atoms. The van der Waals surface area contributed by atoms with Gasteiger partial charge in [-0.05, 0) is 135 Å². The number of carbonyl (C=O) groups is 3. The van der Waals surface area contributed by atoms with E-state index in [4.69, 9.17) is 9.47 Å². The summed E-state index contributed by atoms with van der Waals surface area (Å²) in [5, 5.41) is 10.4. The number of ether oxygens (including phenoxy) is 2. The average molecular weight is 640 g/mol. The van der Waals surface area contributed by atoms with Crippen molar-refractivity contribution in [1.29, 1.82) is 0 Å². The monoisotopic (exact) mass is 639 g/mol. The Kier molecular flexibility index (Phi) is 8.80. The topological polar surface area (TPSA) is 93.1 Å². The van der Waals surface area contributed by atoms with Gasteiger partial charge in [0.1, 0.15) is 12.7 Å². The normalized spacial score (nSPS) is 46.6. The molecule has 5 aliphatic carbocycles. The number of hydrogen-bond acceptors (Lipinski definition) is 6. The van der Waals surface area contributed by atoms with Crippen LogP contribution < -0.4 is 0 Å². The number of likely N-dealkylation sites (tertiary alicyclic amines) is 1. The van der Waals surface area contributed by atoms with Gasteiger partial charge in [0.25, 0.3) is 0 Å². The van der Waals surface area contributed by atoms with Gasteiger partial charge in [-0.1, -0.05) is 34.3 Å². The van der Waals surface area contributed by atoms with Crippen molar-refractivity contribution in [1.82, 2.24) is 4.90 Å². The number of esters is 2. The van der Waals surface area contributed by atoms with E-state index in [1.807, 2.05) is 0 Å². The lowest BCUT2D eigenvalue weighted by Gasteiger charge is -2.73. The fourth-order valence-electron chi connectivity index (χ4n) is 13.6. The third-order valence-corrected chi connectivity index (χ3v) is 15.9. The summed E-state index contributed by atoms with van der Waals surface area (Å²) in [5.41, 5.74) is 0.328. The van der Waals surface area contributed by atoms with Gasteiger partial charge in [-0.2, -0.15) is 0 Å². The van der Waals surface area contributed by atoms with E-state index in [1.165, 1.54) is 20.3 Å². The largest absolute Gasteiger partial charge is 0.465 e. The number of hydrogen-bond donors (Lipinski definition) is 1. The molecule has 0 aromatic carbocycles. The van der Waals surface area contributed by atoms with Crippen LogP contribution in [0.4, 0.5) is 0 Å². The number of amides is 1. The summed E-state index contributed by atoms with van der Waals surface area (Å²) >= 11 is 0. The van der Waals surface area contributed by atoms with Crippen molar-refractivity contribution in [2.45, 2.75) is 131 Å². The van der Waals surface area contributed by atoms with Gasteiger partial charge in [0, 0.05) is 32.4 Å². The van der Waals surface area contributed by atoms with E-state index in [-0.39, 0.29) is 70.7 Å². The van der Waals surface area contributed by atoms with E-state index in [0.29, 0.717) is 17.7 Å².